The van der Waals surface area contributed by atoms with Crippen molar-refractivity contribution in [2.45, 2.75) is 77.3 Å². The summed E-state index contributed by atoms with van der Waals surface area (Å²) in [5.41, 5.74) is 0. The number of rotatable bonds is 13. The molecule has 0 saturated carbocycles. The van der Waals surface area contributed by atoms with Crippen LogP contribution in [0, 0.1) is 0 Å². The second kappa shape index (κ2) is 12.7. The van der Waals surface area contributed by atoms with Crippen LogP contribution in [0.1, 0.15) is 71.1 Å². The van der Waals surface area contributed by atoms with Crippen LogP contribution in [0.5, 0.6) is 0 Å². The summed E-state index contributed by atoms with van der Waals surface area (Å²) < 4.78 is 35.6. The van der Waals surface area contributed by atoms with Crippen LogP contribution < -0.4 is 5.32 Å². The molecule has 0 aromatic rings. The van der Waals surface area contributed by atoms with Crippen molar-refractivity contribution in [3.05, 3.63) is 12.3 Å². The van der Waals surface area contributed by atoms with E-state index in [0.29, 0.717) is 12.6 Å². The number of hydrogen-bond acceptors (Lipinski definition) is 2. The predicted octanol–water partition coefficient (Wildman–Crippen LogP) is 5.14. The molecule has 0 amide bonds. The van der Waals surface area contributed by atoms with E-state index in [4.69, 9.17) is 0 Å². The van der Waals surface area contributed by atoms with Gasteiger partial charge in [-0.25, -0.2) is 0 Å². The van der Waals surface area contributed by atoms with Gasteiger partial charge >= 0.3 is 6.18 Å². The Hall–Kier alpha value is -1.00. The van der Waals surface area contributed by atoms with Gasteiger partial charge in [-0.3, -0.25) is 4.79 Å². The molecule has 0 unspecified atom stereocenters. The van der Waals surface area contributed by atoms with Crippen LogP contribution in [0.3, 0.4) is 0 Å². The summed E-state index contributed by atoms with van der Waals surface area (Å²) in [5.74, 6) is -1.82. The molecule has 0 fully saturated rings. The van der Waals surface area contributed by atoms with E-state index >= 15 is 0 Å². The van der Waals surface area contributed by atoms with Gasteiger partial charge in [-0.05, 0) is 6.42 Å². The van der Waals surface area contributed by atoms with E-state index in [1.54, 1.807) is 0 Å². The van der Waals surface area contributed by atoms with E-state index < -0.39 is 12.0 Å². The first-order chi connectivity index (χ1) is 9.98. The van der Waals surface area contributed by atoms with Crippen molar-refractivity contribution in [3.8, 4) is 0 Å². The first-order valence-corrected chi connectivity index (χ1v) is 7.99. The van der Waals surface area contributed by atoms with Gasteiger partial charge in [-0.15, -0.1) is 0 Å². The highest BCUT2D eigenvalue weighted by atomic mass is 19.4. The zero-order valence-electron chi connectivity index (χ0n) is 13.0. The Balaban J connectivity index is 3.26. The molecule has 0 aliphatic carbocycles. The minimum absolute atomic E-state index is 0.538. The van der Waals surface area contributed by atoms with E-state index in [1.165, 1.54) is 51.4 Å². The van der Waals surface area contributed by atoms with Crippen LogP contribution in [0.4, 0.5) is 13.2 Å². The predicted molar refractivity (Wildman–Crippen MR) is 80.0 cm³/mol. The lowest BCUT2D eigenvalue weighted by atomic mass is 10.1. The molecule has 0 radical (unpaired) electrons. The number of carbonyl (C=O) groups is 1. The molecule has 0 rings (SSSR count). The number of alkyl halides is 3. The summed E-state index contributed by atoms with van der Waals surface area (Å²) in [7, 11) is 0. The van der Waals surface area contributed by atoms with Gasteiger partial charge in [0, 0.05) is 18.8 Å². The molecule has 5 heteroatoms. The average Bonchev–Trinajstić information content (AvgIpc) is 2.42. The smallest absolute Gasteiger partial charge is 0.391 e. The second-order valence-electron chi connectivity index (χ2n) is 5.33. The summed E-state index contributed by atoms with van der Waals surface area (Å²) in [6.07, 6.45) is 9.09. The molecule has 0 aliphatic rings. The number of nitrogens with one attached hydrogen (secondary N) is 1. The largest absolute Gasteiger partial charge is 0.454 e. The number of hydrogen-bond donors (Lipinski definition) is 1. The average molecular weight is 307 g/mol. The number of carbonyl (C=O) groups excluding carboxylic acids is 1. The third-order valence-corrected chi connectivity index (χ3v) is 3.31. The second-order valence-corrected chi connectivity index (χ2v) is 5.33. The quantitative estimate of drug-likeness (QED) is 0.377. The third kappa shape index (κ3) is 13.7. The number of halogens is 3. The van der Waals surface area contributed by atoms with Crippen LogP contribution in [-0.2, 0) is 4.79 Å². The van der Waals surface area contributed by atoms with E-state index in [1.807, 2.05) is 0 Å². The van der Waals surface area contributed by atoms with Crippen molar-refractivity contribution in [1.82, 2.24) is 5.32 Å². The monoisotopic (exact) mass is 307 g/mol. The Morgan fingerprint density at radius 1 is 0.905 bits per heavy atom. The molecule has 0 saturated heterocycles. The molecule has 21 heavy (non-hydrogen) atoms. The first kappa shape index (κ1) is 20.0. The van der Waals surface area contributed by atoms with Gasteiger partial charge in [0.15, 0.2) is 0 Å². The van der Waals surface area contributed by atoms with Crippen molar-refractivity contribution in [1.29, 1.82) is 0 Å². The van der Waals surface area contributed by atoms with Crippen molar-refractivity contribution < 1.29 is 18.0 Å². The lowest BCUT2D eigenvalue weighted by Crippen LogP contribution is -2.21. The highest BCUT2D eigenvalue weighted by Crippen LogP contribution is 2.16. The Morgan fingerprint density at radius 2 is 1.38 bits per heavy atom. The number of ketones is 1. The van der Waals surface area contributed by atoms with E-state index in [-0.39, 0.29) is 0 Å². The SMILES string of the molecule is CCCCCCCCCCCCNC=CC(=O)C(F)(F)F. The fourth-order valence-electron chi connectivity index (χ4n) is 2.03. The van der Waals surface area contributed by atoms with Gasteiger partial charge in [0.1, 0.15) is 0 Å². The molecule has 0 heterocycles. The molecular weight excluding hydrogens is 279 g/mol. The van der Waals surface area contributed by atoms with Gasteiger partial charge in [0.2, 0.25) is 0 Å². The lowest BCUT2D eigenvalue weighted by molar-refractivity contribution is -0.165. The molecule has 0 bridgehead atoms. The maximum atomic E-state index is 11.9. The Bertz CT molecular complexity index is 288. The minimum Gasteiger partial charge on any atom is -0.391 e. The Kier molecular flexibility index (Phi) is 12.1. The molecule has 1 N–H and O–H groups in total. The van der Waals surface area contributed by atoms with Crippen molar-refractivity contribution in [3.63, 3.8) is 0 Å². The van der Waals surface area contributed by atoms with E-state index in [0.717, 1.165) is 19.0 Å². The van der Waals surface area contributed by atoms with E-state index in [9.17, 15) is 18.0 Å². The zero-order chi connectivity index (χ0) is 16.0. The molecule has 0 aromatic carbocycles. The topological polar surface area (TPSA) is 29.1 Å². The summed E-state index contributed by atoms with van der Waals surface area (Å²) in [6.45, 7) is 2.82. The van der Waals surface area contributed by atoms with Gasteiger partial charge < -0.3 is 5.32 Å². The molecule has 0 aliphatic heterocycles. The van der Waals surface area contributed by atoms with Crippen molar-refractivity contribution in [2.75, 3.05) is 6.54 Å². The van der Waals surface area contributed by atoms with Gasteiger partial charge in [-0.2, -0.15) is 13.2 Å². The van der Waals surface area contributed by atoms with Crippen LogP contribution in [0.25, 0.3) is 0 Å². The molecule has 0 aromatic heterocycles. The highest BCUT2D eigenvalue weighted by Gasteiger charge is 2.35. The molecule has 2 nitrogen and oxygen atoms in total. The van der Waals surface area contributed by atoms with Gasteiger partial charge in [0.25, 0.3) is 5.78 Å². The van der Waals surface area contributed by atoms with Crippen LogP contribution in [-0.4, -0.2) is 18.5 Å². The standard InChI is InChI=1S/C16H28F3NO/c1-2-3-4-5-6-7-8-9-10-11-13-20-14-12-15(21)16(17,18)19/h12,14,20H,2-11,13H2,1H3. The molecule has 0 atom stereocenters. The van der Waals surface area contributed by atoms with Gasteiger partial charge in [0.05, 0.1) is 0 Å². The van der Waals surface area contributed by atoms with Crippen molar-refractivity contribution >= 4 is 5.78 Å². The molecule has 124 valence electrons. The number of allylic oxidation sites excluding steroid dienone is 1. The summed E-state index contributed by atoms with van der Waals surface area (Å²) in [6, 6.07) is 0. The molecular formula is C16H28F3NO. The molecule has 0 spiro atoms. The normalized spacial score (nSPS) is 12.0. The summed E-state index contributed by atoms with van der Waals surface area (Å²) in [4.78, 5) is 10.5. The maximum Gasteiger partial charge on any atom is 0.454 e. The lowest BCUT2D eigenvalue weighted by Gasteiger charge is -2.03. The highest BCUT2D eigenvalue weighted by molar-refractivity contribution is 5.94. The maximum absolute atomic E-state index is 11.9. The third-order valence-electron chi connectivity index (χ3n) is 3.31. The summed E-state index contributed by atoms with van der Waals surface area (Å²) in [5, 5.41) is 2.71. The first-order valence-electron chi connectivity index (χ1n) is 7.99. The van der Waals surface area contributed by atoms with Crippen molar-refractivity contribution in [2.24, 2.45) is 0 Å². The van der Waals surface area contributed by atoms with Crippen LogP contribution in [0.2, 0.25) is 0 Å². The number of unbranched alkanes of at least 4 members (excludes halogenated alkanes) is 9. The zero-order valence-corrected chi connectivity index (χ0v) is 13.0. The van der Waals surface area contributed by atoms with Gasteiger partial charge in [-0.1, -0.05) is 64.7 Å². The Labute approximate surface area is 126 Å². The van der Waals surface area contributed by atoms with Crippen LogP contribution in [0.15, 0.2) is 12.3 Å². The van der Waals surface area contributed by atoms with E-state index in [2.05, 4.69) is 12.2 Å². The minimum atomic E-state index is -4.77. The fourth-order valence-corrected chi connectivity index (χ4v) is 2.03. The Morgan fingerprint density at radius 3 is 1.86 bits per heavy atom. The van der Waals surface area contributed by atoms with Crippen LogP contribution >= 0.6 is 0 Å². The fraction of sp³-hybridized carbons (Fsp3) is 0.812. The summed E-state index contributed by atoms with van der Waals surface area (Å²) >= 11 is 0.